The lowest BCUT2D eigenvalue weighted by atomic mass is 9.98. The second kappa shape index (κ2) is 16.5. The number of aliphatic carboxylic acids is 1. The molecule has 0 radical (unpaired) electrons. The van der Waals surface area contributed by atoms with E-state index in [0.717, 1.165) is 17.1 Å². The molecule has 19 heteroatoms. The number of likely N-dealkylation sites (tertiary alicyclic amines) is 1. The zero-order chi connectivity index (χ0) is 32.3. The number of hydrogen-bond acceptors (Lipinski definition) is 10. The Morgan fingerprint density at radius 3 is 2.41 bits per heavy atom. The summed E-state index contributed by atoms with van der Waals surface area (Å²) in [5.74, 6) is -3.14. The summed E-state index contributed by atoms with van der Waals surface area (Å²) in [6.45, 7) is 1.89. The molecule has 3 fully saturated rings. The number of morpholine rings is 1. The third kappa shape index (κ3) is 10.9. The molecule has 248 valence electrons. The molecule has 18 nitrogen and oxygen atoms in total. The number of carboxylic acid groups (broad SMARTS) is 1. The van der Waals surface area contributed by atoms with Crippen LogP contribution >= 0.6 is 0 Å². The number of nitrogens with one attached hydrogen (secondary N) is 4. The van der Waals surface area contributed by atoms with Gasteiger partial charge in [0.25, 0.3) is 16.1 Å². The quantitative estimate of drug-likeness (QED) is 0.0397. The van der Waals surface area contributed by atoms with E-state index in [1.807, 2.05) is 0 Å². The summed E-state index contributed by atoms with van der Waals surface area (Å²) in [6.07, 6.45) is 1.77. The number of piperidine rings is 1. The van der Waals surface area contributed by atoms with Gasteiger partial charge in [0.05, 0.1) is 26.1 Å². The zero-order valence-electron chi connectivity index (χ0n) is 24.6. The fourth-order valence-corrected chi connectivity index (χ4v) is 6.39. The lowest BCUT2D eigenvalue weighted by Crippen LogP contribution is -2.56. The lowest BCUT2D eigenvalue weighted by molar-refractivity contribution is -0.137. The van der Waals surface area contributed by atoms with E-state index in [2.05, 4.69) is 20.5 Å². The predicted molar refractivity (Wildman–Crippen MR) is 156 cm³/mol. The van der Waals surface area contributed by atoms with Crippen LogP contribution in [0, 0.1) is 11.3 Å². The summed E-state index contributed by atoms with van der Waals surface area (Å²) in [7, 11) is -4.16. The first-order chi connectivity index (χ1) is 20.9. The lowest BCUT2D eigenvalue weighted by Gasteiger charge is -2.33. The van der Waals surface area contributed by atoms with Crippen LogP contribution in [0.2, 0.25) is 0 Å². The minimum absolute atomic E-state index is 0.0206. The molecule has 3 aliphatic rings. The summed E-state index contributed by atoms with van der Waals surface area (Å²) in [5, 5.41) is 33.7. The predicted octanol–water partition coefficient (Wildman–Crippen LogP) is -2.56. The van der Waals surface area contributed by atoms with Gasteiger partial charge < -0.3 is 41.2 Å². The summed E-state index contributed by atoms with van der Waals surface area (Å²) in [6, 6.07) is -1.64. The molecule has 2 atom stereocenters. The van der Waals surface area contributed by atoms with Crippen molar-refractivity contribution in [2.24, 2.45) is 16.8 Å². The van der Waals surface area contributed by atoms with Crippen molar-refractivity contribution >= 4 is 45.6 Å². The maximum absolute atomic E-state index is 13.8. The van der Waals surface area contributed by atoms with Crippen LogP contribution in [0.25, 0.3) is 0 Å². The first kappa shape index (κ1) is 34.9. The number of ether oxygens (including phenoxy) is 1. The van der Waals surface area contributed by atoms with Crippen molar-refractivity contribution in [1.29, 1.82) is 5.41 Å². The molecule has 3 amide bonds. The Bertz CT molecular complexity index is 1190. The number of nitrogens with zero attached hydrogens (tertiary/aromatic N) is 4. The van der Waals surface area contributed by atoms with Crippen molar-refractivity contribution in [3.8, 4) is 0 Å². The monoisotopic (exact) mass is 645 g/mol. The Hall–Kier alpha value is -3.55. The molecule has 2 saturated heterocycles. The second-order valence-corrected chi connectivity index (χ2v) is 12.7. The van der Waals surface area contributed by atoms with Gasteiger partial charge in [-0.05, 0) is 31.6 Å². The topological polar surface area (TPSA) is 260 Å². The molecular weight excluding hydrogens is 602 g/mol. The second-order valence-electron chi connectivity index (χ2n) is 11.0. The molecular formula is C25H43N9O9S. The van der Waals surface area contributed by atoms with Gasteiger partial charge in [0, 0.05) is 58.3 Å². The van der Waals surface area contributed by atoms with E-state index in [1.165, 1.54) is 4.90 Å². The van der Waals surface area contributed by atoms with E-state index in [-0.39, 0.29) is 76.0 Å². The molecule has 2 heterocycles. The van der Waals surface area contributed by atoms with Gasteiger partial charge in [-0.15, -0.1) is 0 Å². The molecule has 8 N–H and O–H groups in total. The average Bonchev–Trinajstić information content (AvgIpc) is 3.84. The normalized spacial score (nSPS) is 20.4. The van der Waals surface area contributed by atoms with Gasteiger partial charge in [-0.25, -0.2) is 0 Å². The maximum Gasteiger partial charge on any atom is 0.303 e. The van der Waals surface area contributed by atoms with Crippen molar-refractivity contribution < 1.29 is 42.6 Å². The Kier molecular flexibility index (Phi) is 13.1. The van der Waals surface area contributed by atoms with Crippen LogP contribution in [0.1, 0.15) is 44.9 Å². The van der Waals surface area contributed by atoms with E-state index >= 15 is 0 Å². The highest BCUT2D eigenvalue weighted by atomic mass is 32.2. The minimum atomic E-state index is -4.16. The van der Waals surface area contributed by atoms with Gasteiger partial charge in [0.1, 0.15) is 11.8 Å². The highest BCUT2D eigenvalue weighted by Gasteiger charge is 2.39. The Balaban J connectivity index is 1.66. The van der Waals surface area contributed by atoms with Crippen LogP contribution in [0.5, 0.6) is 0 Å². The molecule has 0 aromatic carbocycles. The van der Waals surface area contributed by atoms with E-state index in [9.17, 15) is 27.6 Å². The number of amides is 3. The molecule has 0 unspecified atom stereocenters. The molecule has 1 saturated carbocycles. The Morgan fingerprint density at radius 1 is 1.09 bits per heavy atom. The number of nitrogens with two attached hydrogens (primary N) is 1. The van der Waals surface area contributed by atoms with Gasteiger partial charge in [0.2, 0.25) is 11.8 Å². The van der Waals surface area contributed by atoms with Crippen molar-refractivity contribution in [2.75, 3.05) is 59.0 Å². The first-order valence-electron chi connectivity index (χ1n) is 14.6. The largest absolute Gasteiger partial charge is 0.481 e. The summed E-state index contributed by atoms with van der Waals surface area (Å²) in [5.41, 5.74) is 5.22. The average molecular weight is 646 g/mol. The SMILES string of the molecule is N=C(N)N1CCC[C@@H](CNC(=O)C[C@H](NS(=O)(=O)N2CCOCC2)C(=O)N(CCNC(=O)/C(CCC(=O)O)=N/O)C2CC2)C1. The number of carbonyl (C=O) groups excluding carboxylic acids is 3. The fourth-order valence-electron chi connectivity index (χ4n) is 5.07. The minimum Gasteiger partial charge on any atom is -0.481 e. The van der Waals surface area contributed by atoms with Crippen LogP contribution < -0.4 is 21.1 Å². The van der Waals surface area contributed by atoms with E-state index in [4.69, 9.17) is 26.2 Å². The maximum atomic E-state index is 13.8. The number of carboxylic acids is 1. The molecule has 0 spiro atoms. The number of rotatable bonds is 16. The van der Waals surface area contributed by atoms with E-state index < -0.39 is 52.8 Å². The van der Waals surface area contributed by atoms with Crippen LogP contribution in [0.15, 0.2) is 5.16 Å². The van der Waals surface area contributed by atoms with Crippen molar-refractivity contribution in [3.05, 3.63) is 0 Å². The van der Waals surface area contributed by atoms with Crippen LogP contribution in [-0.4, -0.2) is 139 Å². The van der Waals surface area contributed by atoms with Crippen molar-refractivity contribution in [1.82, 2.24) is 29.5 Å². The molecule has 0 aromatic heterocycles. The number of oxime groups is 1. The highest BCUT2D eigenvalue weighted by Crippen LogP contribution is 2.27. The molecule has 1 aliphatic carbocycles. The smallest absolute Gasteiger partial charge is 0.303 e. The molecule has 0 bridgehead atoms. The fraction of sp³-hybridized carbons (Fsp3) is 0.760. The third-order valence-corrected chi connectivity index (χ3v) is 9.23. The zero-order valence-corrected chi connectivity index (χ0v) is 25.4. The number of carbonyl (C=O) groups is 4. The van der Waals surface area contributed by atoms with Gasteiger partial charge >= 0.3 is 5.97 Å². The molecule has 3 rings (SSSR count). The van der Waals surface area contributed by atoms with E-state index in [1.54, 1.807) is 4.90 Å². The van der Waals surface area contributed by atoms with Gasteiger partial charge in [0.15, 0.2) is 5.96 Å². The van der Waals surface area contributed by atoms with Crippen molar-refractivity contribution in [2.45, 2.75) is 57.0 Å². The van der Waals surface area contributed by atoms with Gasteiger partial charge in [-0.3, -0.25) is 24.6 Å². The van der Waals surface area contributed by atoms with Gasteiger partial charge in [-0.1, -0.05) is 5.16 Å². The Morgan fingerprint density at radius 2 is 1.80 bits per heavy atom. The highest BCUT2D eigenvalue weighted by molar-refractivity contribution is 7.87. The molecule has 2 aliphatic heterocycles. The number of guanidine groups is 1. The van der Waals surface area contributed by atoms with Crippen LogP contribution in [0.4, 0.5) is 0 Å². The summed E-state index contributed by atoms with van der Waals surface area (Å²) < 4.78 is 35.2. The van der Waals surface area contributed by atoms with Crippen LogP contribution in [-0.2, 0) is 34.1 Å². The first-order valence-corrected chi connectivity index (χ1v) is 16.1. The number of hydrogen-bond donors (Lipinski definition) is 7. The third-order valence-electron chi connectivity index (χ3n) is 7.60. The Labute approximate surface area is 256 Å². The van der Waals surface area contributed by atoms with Gasteiger partial charge in [-0.2, -0.15) is 17.4 Å². The van der Waals surface area contributed by atoms with Crippen LogP contribution in [0.3, 0.4) is 0 Å². The van der Waals surface area contributed by atoms with E-state index in [0.29, 0.717) is 25.9 Å². The molecule has 44 heavy (non-hydrogen) atoms. The molecule has 0 aromatic rings. The standard InChI is InChI=1S/C25H43N9O9S/c26-25(27)32-8-1-2-17(16-32)15-29-21(35)14-20(31-44(41,42)33-10-12-43-13-11-33)24(39)34(18-3-4-18)9-7-28-23(38)19(30-40)5-6-22(36)37/h17-18,20,31,40H,1-16H2,(H3,26,27)(H,28,38)(H,29,35)(H,36,37)/b30-19+/t17-,20-/m0/s1. The summed E-state index contributed by atoms with van der Waals surface area (Å²) >= 11 is 0. The summed E-state index contributed by atoms with van der Waals surface area (Å²) in [4.78, 5) is 53.1. The van der Waals surface area contributed by atoms with Crippen molar-refractivity contribution in [3.63, 3.8) is 0 Å².